The van der Waals surface area contributed by atoms with Crippen molar-refractivity contribution in [1.82, 2.24) is 9.97 Å². The van der Waals surface area contributed by atoms with E-state index in [1.807, 2.05) is 12.1 Å². The summed E-state index contributed by atoms with van der Waals surface area (Å²) in [5, 5.41) is 14.7. The number of aromatic nitrogens is 2. The highest BCUT2D eigenvalue weighted by atomic mass is 35.5. The van der Waals surface area contributed by atoms with Gasteiger partial charge in [-0.1, -0.05) is 29.3 Å². The molecule has 1 heterocycles. The number of para-hydroxylation sites is 1. The van der Waals surface area contributed by atoms with Crippen LogP contribution >= 0.6 is 23.2 Å². The predicted octanol–water partition coefficient (Wildman–Crippen LogP) is 5.16. The second-order valence-electron chi connectivity index (χ2n) is 6.85. The maximum atomic E-state index is 14.2. The van der Waals surface area contributed by atoms with Gasteiger partial charge >= 0.3 is 0 Å². The lowest BCUT2D eigenvalue weighted by molar-refractivity contribution is 0.301. The second kappa shape index (κ2) is 10.1. The zero-order chi connectivity index (χ0) is 20.8. The van der Waals surface area contributed by atoms with Crippen molar-refractivity contribution >= 4 is 45.6 Å². The van der Waals surface area contributed by atoms with Crippen molar-refractivity contribution < 1.29 is 9.50 Å². The van der Waals surface area contributed by atoms with Crippen molar-refractivity contribution in [2.45, 2.75) is 25.8 Å². The minimum Gasteiger partial charge on any atom is -0.395 e. The molecule has 0 aliphatic rings. The summed E-state index contributed by atoms with van der Waals surface area (Å²) in [7, 11) is 0. The topological polar surface area (TPSA) is 61.3 Å². The molecule has 0 saturated heterocycles. The number of benzene rings is 2. The van der Waals surface area contributed by atoms with E-state index in [0.29, 0.717) is 28.8 Å². The molecule has 0 aliphatic carbocycles. The largest absolute Gasteiger partial charge is 0.395 e. The predicted molar refractivity (Wildman–Crippen MR) is 118 cm³/mol. The maximum Gasteiger partial charge on any atom is 0.148 e. The van der Waals surface area contributed by atoms with Gasteiger partial charge in [0.2, 0.25) is 0 Å². The molecule has 2 N–H and O–H groups in total. The van der Waals surface area contributed by atoms with E-state index in [1.54, 1.807) is 23.1 Å². The molecule has 0 aliphatic heterocycles. The fraction of sp³-hybridized carbons (Fsp3) is 0.333. The average Bonchev–Trinajstić information content (AvgIpc) is 2.67. The molecule has 3 aromatic rings. The molecule has 8 heteroatoms. The molecule has 1 unspecified atom stereocenters. The van der Waals surface area contributed by atoms with Crippen LogP contribution in [0.5, 0.6) is 0 Å². The van der Waals surface area contributed by atoms with Gasteiger partial charge in [-0.2, -0.15) is 0 Å². The summed E-state index contributed by atoms with van der Waals surface area (Å²) < 4.78 is 14.2. The van der Waals surface area contributed by atoms with E-state index < -0.39 is 0 Å². The lowest BCUT2D eigenvalue weighted by Crippen LogP contribution is -2.30. The standard InChI is InChI=1S/C21H23Cl2FN4O/c1-14(27-21-16-8-7-15(22)12-19(16)25-13-26-21)4-3-9-28(10-11-29)20-17(23)5-2-6-18(20)24/h2,5-8,12-14,29H,3-4,9-11H2,1H3,(H,25,26,27). The molecule has 2 aromatic carbocycles. The summed E-state index contributed by atoms with van der Waals surface area (Å²) >= 11 is 12.2. The summed E-state index contributed by atoms with van der Waals surface area (Å²) in [4.78, 5) is 10.4. The number of halogens is 3. The molecule has 1 atom stereocenters. The molecular weight excluding hydrogens is 414 g/mol. The number of rotatable bonds is 9. The van der Waals surface area contributed by atoms with Crippen molar-refractivity contribution in [2.24, 2.45) is 0 Å². The quantitative estimate of drug-likeness (QED) is 0.485. The number of aliphatic hydroxyl groups is 1. The SMILES string of the molecule is CC(CCCN(CCO)c1c(F)cccc1Cl)Nc1ncnc2cc(Cl)ccc12. The zero-order valence-corrected chi connectivity index (χ0v) is 17.6. The Kier molecular flexibility index (Phi) is 7.47. The molecule has 0 spiro atoms. The van der Waals surface area contributed by atoms with E-state index in [2.05, 4.69) is 22.2 Å². The lowest BCUT2D eigenvalue weighted by Gasteiger charge is -2.26. The molecule has 154 valence electrons. The Labute approximate surface area is 179 Å². The van der Waals surface area contributed by atoms with Gasteiger partial charge < -0.3 is 15.3 Å². The minimum absolute atomic E-state index is 0.0754. The van der Waals surface area contributed by atoms with Crippen LogP contribution in [0.1, 0.15) is 19.8 Å². The van der Waals surface area contributed by atoms with Gasteiger partial charge in [-0.15, -0.1) is 0 Å². The van der Waals surface area contributed by atoms with Gasteiger partial charge in [0.15, 0.2) is 0 Å². The Balaban J connectivity index is 1.62. The first-order valence-electron chi connectivity index (χ1n) is 9.46. The van der Waals surface area contributed by atoms with Crippen LogP contribution in [0.4, 0.5) is 15.9 Å². The van der Waals surface area contributed by atoms with Crippen molar-refractivity contribution in [3.63, 3.8) is 0 Å². The first kappa shape index (κ1) is 21.6. The number of hydrogen-bond donors (Lipinski definition) is 2. The summed E-state index contributed by atoms with van der Waals surface area (Å²) in [5.41, 5.74) is 1.12. The van der Waals surface area contributed by atoms with Gasteiger partial charge in [-0.25, -0.2) is 14.4 Å². The molecule has 0 fully saturated rings. The Morgan fingerprint density at radius 1 is 1.17 bits per heavy atom. The number of aliphatic hydroxyl groups excluding tert-OH is 1. The van der Waals surface area contributed by atoms with Crippen molar-refractivity contribution in [3.8, 4) is 0 Å². The third kappa shape index (κ3) is 5.47. The third-order valence-electron chi connectivity index (χ3n) is 4.67. The van der Waals surface area contributed by atoms with E-state index in [4.69, 9.17) is 23.2 Å². The first-order chi connectivity index (χ1) is 14.0. The van der Waals surface area contributed by atoms with Crippen LogP contribution in [-0.2, 0) is 0 Å². The summed E-state index contributed by atoms with van der Waals surface area (Å²) in [6.45, 7) is 2.89. The maximum absolute atomic E-state index is 14.2. The van der Waals surface area contributed by atoms with E-state index in [-0.39, 0.29) is 18.5 Å². The van der Waals surface area contributed by atoms with Crippen LogP contribution in [0.2, 0.25) is 10.0 Å². The molecule has 0 radical (unpaired) electrons. The number of fused-ring (bicyclic) bond motifs is 1. The van der Waals surface area contributed by atoms with Crippen molar-refractivity contribution in [2.75, 3.05) is 29.9 Å². The highest BCUT2D eigenvalue weighted by molar-refractivity contribution is 6.33. The number of hydrogen-bond acceptors (Lipinski definition) is 5. The molecule has 5 nitrogen and oxygen atoms in total. The monoisotopic (exact) mass is 436 g/mol. The fourth-order valence-electron chi connectivity index (χ4n) is 3.29. The van der Waals surface area contributed by atoms with Crippen LogP contribution in [0.15, 0.2) is 42.7 Å². The molecule has 29 heavy (non-hydrogen) atoms. The fourth-order valence-corrected chi connectivity index (χ4v) is 3.74. The van der Waals surface area contributed by atoms with Crippen LogP contribution in [-0.4, -0.2) is 40.8 Å². The van der Waals surface area contributed by atoms with Gasteiger partial charge in [0.25, 0.3) is 0 Å². The number of anilines is 2. The van der Waals surface area contributed by atoms with Crippen molar-refractivity contribution in [1.29, 1.82) is 0 Å². The molecular formula is C21H23Cl2FN4O. The third-order valence-corrected chi connectivity index (χ3v) is 5.21. The van der Waals surface area contributed by atoms with E-state index in [0.717, 1.165) is 29.6 Å². The molecule has 1 aromatic heterocycles. The molecule has 0 bridgehead atoms. The minimum atomic E-state index is -0.386. The van der Waals surface area contributed by atoms with Crippen LogP contribution in [0.3, 0.4) is 0 Å². The molecule has 3 rings (SSSR count). The lowest BCUT2D eigenvalue weighted by atomic mass is 10.1. The van der Waals surface area contributed by atoms with Gasteiger partial charge in [0, 0.05) is 29.5 Å². The summed E-state index contributed by atoms with van der Waals surface area (Å²) in [5.74, 6) is 0.367. The van der Waals surface area contributed by atoms with Crippen molar-refractivity contribution in [3.05, 3.63) is 58.6 Å². The van der Waals surface area contributed by atoms with Crippen LogP contribution < -0.4 is 10.2 Å². The van der Waals surface area contributed by atoms with Gasteiger partial charge in [0.05, 0.1) is 22.8 Å². The van der Waals surface area contributed by atoms with E-state index in [1.165, 1.54) is 12.4 Å². The average molecular weight is 437 g/mol. The Bertz CT molecular complexity index is 952. The van der Waals surface area contributed by atoms with Crippen LogP contribution in [0, 0.1) is 5.82 Å². The van der Waals surface area contributed by atoms with Gasteiger partial charge in [-0.3, -0.25) is 0 Å². The highest BCUT2D eigenvalue weighted by Gasteiger charge is 2.15. The Morgan fingerprint density at radius 3 is 2.76 bits per heavy atom. The van der Waals surface area contributed by atoms with Gasteiger partial charge in [-0.05, 0) is 50.1 Å². The smallest absolute Gasteiger partial charge is 0.148 e. The molecule has 0 amide bonds. The van der Waals surface area contributed by atoms with E-state index >= 15 is 0 Å². The Hall–Kier alpha value is -2.15. The Morgan fingerprint density at radius 2 is 2.00 bits per heavy atom. The van der Waals surface area contributed by atoms with E-state index in [9.17, 15) is 9.50 Å². The number of nitrogens with zero attached hydrogens (tertiary/aromatic N) is 3. The zero-order valence-electron chi connectivity index (χ0n) is 16.1. The van der Waals surface area contributed by atoms with Gasteiger partial charge in [0.1, 0.15) is 18.0 Å². The second-order valence-corrected chi connectivity index (χ2v) is 7.70. The highest BCUT2D eigenvalue weighted by Crippen LogP contribution is 2.29. The number of nitrogens with one attached hydrogen (secondary N) is 1. The first-order valence-corrected chi connectivity index (χ1v) is 10.2. The summed E-state index contributed by atoms with van der Waals surface area (Å²) in [6, 6.07) is 10.3. The normalized spacial score (nSPS) is 12.2. The molecule has 0 saturated carbocycles. The van der Waals surface area contributed by atoms with Crippen LogP contribution in [0.25, 0.3) is 10.9 Å². The summed E-state index contributed by atoms with van der Waals surface area (Å²) in [6.07, 6.45) is 3.12.